The van der Waals surface area contributed by atoms with E-state index in [0.29, 0.717) is 11.8 Å². The third kappa shape index (κ3) is 2.24. The van der Waals surface area contributed by atoms with Crippen molar-refractivity contribution in [2.75, 3.05) is 6.54 Å². The predicted octanol–water partition coefficient (Wildman–Crippen LogP) is 3.43. The summed E-state index contributed by atoms with van der Waals surface area (Å²) in [5.41, 5.74) is 1.62. The van der Waals surface area contributed by atoms with Crippen molar-refractivity contribution in [1.29, 1.82) is 0 Å². The molecule has 3 aliphatic rings. The minimum Gasteiger partial charge on any atom is -0.265 e. The highest BCUT2D eigenvalue weighted by molar-refractivity contribution is 5.20. The molecule has 0 heterocycles. The van der Waals surface area contributed by atoms with Crippen molar-refractivity contribution < 1.29 is 4.92 Å². The molecule has 0 aromatic carbocycles. The van der Waals surface area contributed by atoms with Crippen LogP contribution < -0.4 is 0 Å². The van der Waals surface area contributed by atoms with Gasteiger partial charge in [-0.1, -0.05) is 37.3 Å². The van der Waals surface area contributed by atoms with Crippen LogP contribution in [0.1, 0.15) is 44.9 Å². The first kappa shape index (κ1) is 11.2. The van der Waals surface area contributed by atoms with E-state index in [1.165, 1.54) is 38.5 Å². The summed E-state index contributed by atoms with van der Waals surface area (Å²) in [6, 6.07) is 0. The number of hydrogen-bond donors (Lipinski definition) is 0. The Kier molecular flexibility index (Phi) is 2.93. The molecule has 2 fully saturated rings. The topological polar surface area (TPSA) is 43.1 Å². The van der Waals surface area contributed by atoms with Gasteiger partial charge in [-0.3, -0.25) is 10.1 Å². The second-order valence-electron chi connectivity index (χ2n) is 6.23. The van der Waals surface area contributed by atoms with Gasteiger partial charge < -0.3 is 0 Å². The first-order chi connectivity index (χ1) is 8.22. The van der Waals surface area contributed by atoms with Crippen LogP contribution in [0.15, 0.2) is 11.6 Å². The van der Waals surface area contributed by atoms with Gasteiger partial charge in [0.15, 0.2) is 0 Å². The maximum atomic E-state index is 10.5. The third-order valence-electron chi connectivity index (χ3n) is 5.06. The Bertz CT molecular complexity index is 344. The molecule has 0 spiro atoms. The molecule has 0 saturated heterocycles. The fraction of sp³-hybridized carbons (Fsp3) is 0.857. The Hall–Kier alpha value is -0.860. The Morgan fingerprint density at radius 1 is 1.35 bits per heavy atom. The van der Waals surface area contributed by atoms with Crippen molar-refractivity contribution in [3.05, 3.63) is 21.8 Å². The molecule has 94 valence electrons. The standard InChI is InChI=1S/C14H21NO2/c16-15(17)9-13-8-12-6-11(7-14(12)13)5-10-3-1-2-4-10/h7,10,12-14H,1-6,8-9H2/t12-,13+,14-/m0/s1. The molecule has 3 atom stereocenters. The van der Waals surface area contributed by atoms with Crippen molar-refractivity contribution in [1.82, 2.24) is 0 Å². The van der Waals surface area contributed by atoms with E-state index in [9.17, 15) is 10.1 Å². The minimum absolute atomic E-state index is 0.135. The van der Waals surface area contributed by atoms with Crippen molar-refractivity contribution >= 4 is 0 Å². The number of fused-ring (bicyclic) bond motifs is 1. The number of nitrogens with zero attached hydrogens (tertiary/aromatic N) is 1. The van der Waals surface area contributed by atoms with Gasteiger partial charge in [-0.2, -0.15) is 0 Å². The normalized spacial score (nSPS) is 36.5. The molecule has 3 rings (SSSR count). The van der Waals surface area contributed by atoms with Crippen LogP contribution in [0.5, 0.6) is 0 Å². The van der Waals surface area contributed by atoms with Gasteiger partial charge in [-0.25, -0.2) is 0 Å². The van der Waals surface area contributed by atoms with E-state index >= 15 is 0 Å². The van der Waals surface area contributed by atoms with Gasteiger partial charge in [0, 0.05) is 10.8 Å². The Balaban J connectivity index is 1.54. The lowest BCUT2D eigenvalue weighted by atomic mass is 9.66. The SMILES string of the molecule is O=[N+]([O-])C[C@H]1C[C@@H]2CC(CC3CCCC3)=C[C@H]12. The smallest absolute Gasteiger partial charge is 0.207 e. The number of allylic oxidation sites excluding steroid dienone is 2. The van der Waals surface area contributed by atoms with Crippen LogP contribution in [-0.2, 0) is 0 Å². The summed E-state index contributed by atoms with van der Waals surface area (Å²) >= 11 is 0. The summed E-state index contributed by atoms with van der Waals surface area (Å²) in [4.78, 5) is 10.4. The monoisotopic (exact) mass is 235 g/mol. The summed E-state index contributed by atoms with van der Waals surface area (Å²) in [5.74, 6) is 2.58. The van der Waals surface area contributed by atoms with E-state index in [4.69, 9.17) is 0 Å². The molecule has 2 saturated carbocycles. The van der Waals surface area contributed by atoms with Crippen molar-refractivity contribution in [2.45, 2.75) is 44.9 Å². The van der Waals surface area contributed by atoms with Gasteiger partial charge in [0.05, 0.1) is 0 Å². The zero-order valence-electron chi connectivity index (χ0n) is 10.3. The van der Waals surface area contributed by atoms with Gasteiger partial charge >= 0.3 is 0 Å². The fourth-order valence-corrected chi connectivity index (χ4v) is 4.19. The maximum absolute atomic E-state index is 10.5. The zero-order valence-corrected chi connectivity index (χ0v) is 10.3. The highest BCUT2D eigenvalue weighted by Crippen LogP contribution is 2.51. The third-order valence-corrected chi connectivity index (χ3v) is 5.06. The summed E-state index contributed by atoms with van der Waals surface area (Å²) in [5, 5.41) is 10.5. The molecule has 0 aromatic heterocycles. The molecule has 0 bridgehead atoms. The molecule has 0 aliphatic heterocycles. The van der Waals surface area contributed by atoms with Crippen LogP contribution >= 0.6 is 0 Å². The van der Waals surface area contributed by atoms with Gasteiger partial charge in [0.1, 0.15) is 0 Å². The Morgan fingerprint density at radius 3 is 2.82 bits per heavy atom. The van der Waals surface area contributed by atoms with Gasteiger partial charge in [-0.05, 0) is 37.0 Å². The lowest BCUT2D eigenvalue weighted by molar-refractivity contribution is -0.493. The Labute approximate surface area is 102 Å². The summed E-state index contributed by atoms with van der Waals surface area (Å²) < 4.78 is 0. The highest BCUT2D eigenvalue weighted by Gasteiger charge is 2.45. The van der Waals surface area contributed by atoms with E-state index in [1.807, 2.05) is 0 Å². The van der Waals surface area contributed by atoms with E-state index < -0.39 is 0 Å². The van der Waals surface area contributed by atoms with Crippen molar-refractivity contribution in [3.63, 3.8) is 0 Å². The molecule has 0 unspecified atom stereocenters. The second kappa shape index (κ2) is 4.43. The summed E-state index contributed by atoms with van der Waals surface area (Å²) in [6.45, 7) is 0.189. The average Bonchev–Trinajstić information content (AvgIpc) is 2.85. The first-order valence-corrected chi connectivity index (χ1v) is 7.03. The average molecular weight is 235 g/mol. The van der Waals surface area contributed by atoms with E-state index in [1.54, 1.807) is 5.57 Å². The predicted molar refractivity (Wildman–Crippen MR) is 66.2 cm³/mol. The van der Waals surface area contributed by atoms with Gasteiger partial charge in [0.2, 0.25) is 6.54 Å². The molecule has 0 amide bonds. The zero-order chi connectivity index (χ0) is 11.8. The molecule has 3 heteroatoms. The molecule has 0 radical (unpaired) electrons. The van der Waals surface area contributed by atoms with Crippen molar-refractivity contribution in [3.8, 4) is 0 Å². The lowest BCUT2D eigenvalue weighted by Gasteiger charge is -2.37. The first-order valence-electron chi connectivity index (χ1n) is 7.03. The van der Waals surface area contributed by atoms with Crippen molar-refractivity contribution in [2.24, 2.45) is 23.7 Å². The van der Waals surface area contributed by atoms with Gasteiger partial charge in [0.25, 0.3) is 0 Å². The molecular formula is C14H21NO2. The van der Waals surface area contributed by atoms with Crippen LogP contribution in [0.2, 0.25) is 0 Å². The van der Waals surface area contributed by atoms with Crippen LogP contribution in [0, 0.1) is 33.8 Å². The largest absolute Gasteiger partial charge is 0.265 e. The molecule has 0 N–H and O–H groups in total. The second-order valence-corrected chi connectivity index (χ2v) is 6.23. The number of nitro groups is 1. The molecular weight excluding hydrogens is 214 g/mol. The summed E-state index contributed by atoms with van der Waals surface area (Å²) in [6.07, 6.45) is 11.7. The van der Waals surface area contributed by atoms with E-state index in [-0.39, 0.29) is 11.5 Å². The van der Waals surface area contributed by atoms with Crippen LogP contribution in [0.4, 0.5) is 0 Å². The number of rotatable bonds is 4. The fourth-order valence-electron chi connectivity index (χ4n) is 4.19. The summed E-state index contributed by atoms with van der Waals surface area (Å²) in [7, 11) is 0. The highest BCUT2D eigenvalue weighted by atomic mass is 16.6. The van der Waals surface area contributed by atoms with E-state index in [2.05, 4.69) is 6.08 Å². The van der Waals surface area contributed by atoms with E-state index in [0.717, 1.165) is 18.3 Å². The molecule has 17 heavy (non-hydrogen) atoms. The van der Waals surface area contributed by atoms with Gasteiger partial charge in [-0.15, -0.1) is 0 Å². The molecule has 0 aromatic rings. The molecule has 3 aliphatic carbocycles. The minimum atomic E-state index is -0.135. The van der Waals surface area contributed by atoms with Crippen LogP contribution in [-0.4, -0.2) is 11.5 Å². The van der Waals surface area contributed by atoms with Crippen LogP contribution in [0.25, 0.3) is 0 Å². The maximum Gasteiger partial charge on any atom is 0.207 e. The molecule has 3 nitrogen and oxygen atoms in total. The lowest BCUT2D eigenvalue weighted by Crippen LogP contribution is -2.37. The Morgan fingerprint density at radius 2 is 2.12 bits per heavy atom. The van der Waals surface area contributed by atoms with Crippen LogP contribution in [0.3, 0.4) is 0 Å². The number of hydrogen-bond acceptors (Lipinski definition) is 2. The quantitative estimate of drug-likeness (QED) is 0.425.